The number of esters is 1. The molecule has 0 atom stereocenters. The fourth-order valence-electron chi connectivity index (χ4n) is 1.43. The molecule has 2 N–H and O–H groups in total. The Bertz CT molecular complexity index is 530. The number of carbonyl (C=O) groups excluding carboxylic acids is 2. The lowest BCUT2D eigenvalue weighted by Gasteiger charge is -2.09. The monoisotopic (exact) mass is 281 g/mol. The van der Waals surface area contributed by atoms with E-state index in [9.17, 15) is 19.7 Å². The molecule has 0 aliphatic heterocycles. The van der Waals surface area contributed by atoms with Gasteiger partial charge in [0, 0.05) is 17.8 Å². The highest BCUT2D eigenvalue weighted by atomic mass is 16.6. The number of carbonyl (C=O) groups is 2. The highest BCUT2D eigenvalue weighted by Gasteiger charge is 2.11. The van der Waals surface area contributed by atoms with Crippen molar-refractivity contribution in [2.24, 2.45) is 0 Å². The molecule has 20 heavy (non-hydrogen) atoms. The number of nitrogens with zero attached hydrogens (tertiary/aromatic N) is 1. The molecule has 8 heteroatoms. The van der Waals surface area contributed by atoms with Crippen LogP contribution in [-0.2, 0) is 9.53 Å². The standard InChI is InChI=1S/C12H15N3O5/c1-3-20-11(16)7-13-12(17)14-10-5-4-9(15(18)19)6-8(10)2/h4-6H,3,7H2,1-2H3,(H2,13,14,17). The average molecular weight is 281 g/mol. The van der Waals surface area contributed by atoms with Crippen LogP contribution in [0, 0.1) is 17.0 Å². The smallest absolute Gasteiger partial charge is 0.325 e. The lowest BCUT2D eigenvalue weighted by Crippen LogP contribution is -2.34. The molecule has 1 aromatic rings. The first-order valence-corrected chi connectivity index (χ1v) is 5.89. The number of nitro benzene ring substituents is 1. The van der Waals surface area contributed by atoms with E-state index >= 15 is 0 Å². The van der Waals surface area contributed by atoms with Crippen molar-refractivity contribution in [3.63, 3.8) is 0 Å². The van der Waals surface area contributed by atoms with Gasteiger partial charge >= 0.3 is 12.0 Å². The molecule has 2 amide bonds. The Hall–Kier alpha value is -2.64. The Labute approximate surface area is 115 Å². The Morgan fingerprint density at radius 2 is 2.10 bits per heavy atom. The summed E-state index contributed by atoms with van der Waals surface area (Å²) in [5.41, 5.74) is 0.919. The maximum atomic E-state index is 11.5. The van der Waals surface area contributed by atoms with Crippen LogP contribution in [-0.4, -0.2) is 30.1 Å². The van der Waals surface area contributed by atoms with Crippen LogP contribution in [0.1, 0.15) is 12.5 Å². The van der Waals surface area contributed by atoms with E-state index < -0.39 is 16.9 Å². The second-order valence-corrected chi connectivity index (χ2v) is 3.87. The third-order valence-electron chi connectivity index (χ3n) is 2.37. The quantitative estimate of drug-likeness (QED) is 0.483. The zero-order valence-corrected chi connectivity index (χ0v) is 11.1. The van der Waals surface area contributed by atoms with Gasteiger partial charge in [0.2, 0.25) is 0 Å². The number of rotatable bonds is 5. The highest BCUT2D eigenvalue weighted by Crippen LogP contribution is 2.20. The van der Waals surface area contributed by atoms with Gasteiger partial charge in [0.05, 0.1) is 11.5 Å². The molecule has 0 saturated heterocycles. The molecule has 0 aromatic heterocycles. The molecule has 0 spiro atoms. The minimum atomic E-state index is -0.588. The van der Waals surface area contributed by atoms with Gasteiger partial charge in [0.1, 0.15) is 6.54 Å². The summed E-state index contributed by atoms with van der Waals surface area (Å²) in [7, 11) is 0. The first kappa shape index (κ1) is 15.4. The van der Waals surface area contributed by atoms with Crippen LogP contribution in [0.15, 0.2) is 18.2 Å². The summed E-state index contributed by atoms with van der Waals surface area (Å²) in [6, 6.07) is 3.47. The Morgan fingerprint density at radius 3 is 2.65 bits per heavy atom. The van der Waals surface area contributed by atoms with Crippen LogP contribution in [0.3, 0.4) is 0 Å². The predicted octanol–water partition coefficient (Wildman–Crippen LogP) is 1.59. The lowest BCUT2D eigenvalue weighted by molar-refractivity contribution is -0.384. The molecule has 1 aromatic carbocycles. The summed E-state index contributed by atoms with van der Waals surface area (Å²) in [5, 5.41) is 15.4. The van der Waals surface area contributed by atoms with Gasteiger partial charge in [-0.05, 0) is 25.5 Å². The van der Waals surface area contributed by atoms with Gasteiger partial charge in [-0.25, -0.2) is 4.79 Å². The second-order valence-electron chi connectivity index (χ2n) is 3.87. The number of nitro groups is 1. The third-order valence-corrected chi connectivity index (χ3v) is 2.37. The van der Waals surface area contributed by atoms with E-state index in [4.69, 9.17) is 0 Å². The fourth-order valence-corrected chi connectivity index (χ4v) is 1.43. The zero-order chi connectivity index (χ0) is 15.1. The van der Waals surface area contributed by atoms with Gasteiger partial charge in [-0.15, -0.1) is 0 Å². The summed E-state index contributed by atoms with van der Waals surface area (Å²) in [6.45, 7) is 3.29. The second kappa shape index (κ2) is 7.07. The molecule has 0 aliphatic rings. The van der Waals surface area contributed by atoms with Gasteiger partial charge in [0.25, 0.3) is 5.69 Å². The largest absolute Gasteiger partial charge is 0.465 e. The van der Waals surface area contributed by atoms with Crippen molar-refractivity contribution in [2.75, 3.05) is 18.5 Å². The van der Waals surface area contributed by atoms with Gasteiger partial charge in [0.15, 0.2) is 0 Å². The van der Waals surface area contributed by atoms with Crippen LogP contribution >= 0.6 is 0 Å². The van der Waals surface area contributed by atoms with Crippen molar-refractivity contribution >= 4 is 23.4 Å². The molecule has 0 unspecified atom stereocenters. The first-order chi connectivity index (χ1) is 9.43. The average Bonchev–Trinajstić information content (AvgIpc) is 2.39. The third kappa shape index (κ3) is 4.56. The van der Waals surface area contributed by atoms with E-state index in [1.807, 2.05) is 0 Å². The van der Waals surface area contributed by atoms with E-state index in [-0.39, 0.29) is 18.8 Å². The number of hydrogen-bond donors (Lipinski definition) is 2. The summed E-state index contributed by atoms with van der Waals surface area (Å²) in [5.74, 6) is -0.539. The number of nitrogens with one attached hydrogen (secondary N) is 2. The topological polar surface area (TPSA) is 111 Å². The van der Waals surface area contributed by atoms with Crippen LogP contribution in [0.4, 0.5) is 16.2 Å². The van der Waals surface area contributed by atoms with E-state index in [2.05, 4.69) is 15.4 Å². The Morgan fingerprint density at radius 1 is 1.40 bits per heavy atom. The van der Waals surface area contributed by atoms with E-state index in [1.165, 1.54) is 18.2 Å². The fraction of sp³-hybridized carbons (Fsp3) is 0.333. The number of urea groups is 1. The first-order valence-electron chi connectivity index (χ1n) is 5.89. The number of hydrogen-bond acceptors (Lipinski definition) is 5. The molecule has 0 bridgehead atoms. The summed E-state index contributed by atoms with van der Waals surface area (Å²) in [4.78, 5) is 32.6. The van der Waals surface area contributed by atoms with Gasteiger partial charge in [-0.3, -0.25) is 14.9 Å². The van der Waals surface area contributed by atoms with Crippen LogP contribution in [0.5, 0.6) is 0 Å². The van der Waals surface area contributed by atoms with Crippen molar-refractivity contribution in [3.8, 4) is 0 Å². The van der Waals surface area contributed by atoms with E-state index in [0.717, 1.165) is 0 Å². The molecule has 108 valence electrons. The van der Waals surface area contributed by atoms with Gasteiger partial charge < -0.3 is 15.4 Å². The predicted molar refractivity (Wildman–Crippen MR) is 71.5 cm³/mol. The number of amides is 2. The minimum Gasteiger partial charge on any atom is -0.465 e. The molecule has 0 aliphatic carbocycles. The molecular weight excluding hydrogens is 266 g/mol. The molecule has 1 rings (SSSR count). The number of ether oxygens (including phenoxy) is 1. The van der Waals surface area contributed by atoms with Crippen LogP contribution < -0.4 is 10.6 Å². The Balaban J connectivity index is 2.58. The zero-order valence-electron chi connectivity index (χ0n) is 11.1. The summed E-state index contributed by atoms with van der Waals surface area (Å²) >= 11 is 0. The molecule has 8 nitrogen and oxygen atoms in total. The van der Waals surface area contributed by atoms with Crippen LogP contribution in [0.25, 0.3) is 0 Å². The van der Waals surface area contributed by atoms with Crippen molar-refractivity contribution in [1.82, 2.24) is 5.32 Å². The molecule has 0 radical (unpaired) electrons. The lowest BCUT2D eigenvalue weighted by atomic mass is 10.2. The van der Waals surface area contributed by atoms with E-state index in [0.29, 0.717) is 11.3 Å². The van der Waals surface area contributed by atoms with E-state index in [1.54, 1.807) is 13.8 Å². The molecule has 0 heterocycles. The van der Waals surface area contributed by atoms with Gasteiger partial charge in [-0.2, -0.15) is 0 Å². The van der Waals surface area contributed by atoms with Crippen molar-refractivity contribution in [3.05, 3.63) is 33.9 Å². The SMILES string of the molecule is CCOC(=O)CNC(=O)Nc1ccc([N+](=O)[O-])cc1C. The normalized spacial score (nSPS) is 9.70. The highest BCUT2D eigenvalue weighted by molar-refractivity contribution is 5.92. The number of aryl methyl sites for hydroxylation is 1. The summed E-state index contributed by atoms with van der Waals surface area (Å²) in [6.07, 6.45) is 0. The van der Waals surface area contributed by atoms with Crippen molar-refractivity contribution < 1.29 is 19.2 Å². The maximum absolute atomic E-state index is 11.5. The number of benzene rings is 1. The number of anilines is 1. The molecular formula is C12H15N3O5. The Kier molecular flexibility index (Phi) is 5.45. The molecule has 0 fully saturated rings. The maximum Gasteiger partial charge on any atom is 0.325 e. The summed E-state index contributed by atoms with van der Waals surface area (Å²) < 4.78 is 4.65. The minimum absolute atomic E-state index is 0.0556. The van der Waals surface area contributed by atoms with Crippen molar-refractivity contribution in [1.29, 1.82) is 0 Å². The molecule has 0 saturated carbocycles. The number of non-ortho nitro benzene ring substituents is 1. The van der Waals surface area contributed by atoms with Crippen molar-refractivity contribution in [2.45, 2.75) is 13.8 Å². The van der Waals surface area contributed by atoms with Gasteiger partial charge in [-0.1, -0.05) is 0 Å². The van der Waals surface area contributed by atoms with Crippen LogP contribution in [0.2, 0.25) is 0 Å².